The lowest BCUT2D eigenvalue weighted by Crippen LogP contribution is -2.60. The molecule has 0 saturated carbocycles. The predicted octanol–water partition coefficient (Wildman–Crippen LogP) is -3.30. The van der Waals surface area contributed by atoms with Crippen LogP contribution in [-0.4, -0.2) is 97.3 Å². The molecule has 1 fully saturated rings. The van der Waals surface area contributed by atoms with Crippen molar-refractivity contribution >= 4 is 23.7 Å². The maximum Gasteiger partial charge on any atom is 0.326 e. The van der Waals surface area contributed by atoms with Crippen molar-refractivity contribution in [3.63, 3.8) is 0 Å². The summed E-state index contributed by atoms with van der Waals surface area (Å²) in [7, 11) is 0. The van der Waals surface area contributed by atoms with E-state index in [2.05, 4.69) is 20.6 Å². The topological polar surface area (TPSA) is 211 Å². The number of hydrogen-bond acceptors (Lipinski definition) is 8. The number of aliphatic hydroxyl groups is 2. The number of carboxylic acid groups (broad SMARTS) is 1. The minimum atomic E-state index is -1.38. The zero-order valence-corrected chi connectivity index (χ0v) is 17.0. The summed E-state index contributed by atoms with van der Waals surface area (Å²) in [5, 5.41) is 33.1. The molecule has 1 aromatic heterocycles. The third-order valence-electron chi connectivity index (χ3n) is 5.01. The molecule has 0 aliphatic carbocycles. The van der Waals surface area contributed by atoms with Crippen molar-refractivity contribution < 1.29 is 34.5 Å². The summed E-state index contributed by atoms with van der Waals surface area (Å²) in [4.78, 5) is 57.0. The summed E-state index contributed by atoms with van der Waals surface area (Å²) < 4.78 is 0. The lowest BCUT2D eigenvalue weighted by Gasteiger charge is -2.31. The second kappa shape index (κ2) is 10.8. The minimum Gasteiger partial charge on any atom is -0.480 e. The maximum absolute atomic E-state index is 13.0. The average Bonchev–Trinajstić information content (AvgIpc) is 3.41. The van der Waals surface area contributed by atoms with E-state index in [4.69, 9.17) is 10.8 Å². The smallest absolute Gasteiger partial charge is 0.326 e. The molecule has 5 unspecified atom stereocenters. The third-order valence-corrected chi connectivity index (χ3v) is 5.01. The fourth-order valence-corrected chi connectivity index (χ4v) is 3.30. The van der Waals surface area contributed by atoms with E-state index < -0.39 is 60.6 Å². The van der Waals surface area contributed by atoms with Crippen LogP contribution in [0.15, 0.2) is 12.5 Å². The summed E-state index contributed by atoms with van der Waals surface area (Å²) in [6.45, 7) is 0.845. The molecule has 2 rings (SSSR count). The number of aliphatic carboxylic acids is 1. The van der Waals surface area contributed by atoms with Gasteiger partial charge in [0, 0.05) is 24.9 Å². The summed E-state index contributed by atoms with van der Waals surface area (Å²) in [5.74, 6) is -3.43. The minimum absolute atomic E-state index is 0.0207. The lowest BCUT2D eigenvalue weighted by atomic mass is 10.1. The van der Waals surface area contributed by atoms with Crippen LogP contribution in [-0.2, 0) is 25.6 Å². The number of carbonyl (C=O) groups is 4. The molecule has 1 aliphatic heterocycles. The Labute approximate surface area is 178 Å². The fraction of sp³-hybridized carbons (Fsp3) is 0.611. The standard InChI is InChI=1S/C18H28N6O7/c1-9(26)14(23-15(27)11(19)7-25)17(29)24-4-2-3-13(24)16(28)22-12(18(30)31)5-10-6-20-8-21-10/h6,8-9,11-14,25-26H,2-5,7,19H2,1H3,(H,20,21)(H,22,28)(H,23,27)(H,30,31). The SMILES string of the molecule is CC(O)C(NC(=O)C(N)CO)C(=O)N1CCCC1C(=O)NC(Cc1cnc[nH]1)C(=O)O. The molecule has 172 valence electrons. The highest BCUT2D eigenvalue weighted by atomic mass is 16.4. The van der Waals surface area contributed by atoms with Gasteiger partial charge in [-0.3, -0.25) is 14.4 Å². The number of carboxylic acids is 1. The second-order valence-corrected chi connectivity index (χ2v) is 7.39. The zero-order valence-electron chi connectivity index (χ0n) is 17.0. The third kappa shape index (κ3) is 6.23. The highest BCUT2D eigenvalue weighted by molar-refractivity contribution is 5.94. The summed E-state index contributed by atoms with van der Waals surface area (Å²) in [6.07, 6.45) is 2.30. The number of nitrogens with one attached hydrogen (secondary N) is 3. The van der Waals surface area contributed by atoms with Gasteiger partial charge in [0.25, 0.3) is 0 Å². The van der Waals surface area contributed by atoms with Gasteiger partial charge in [-0.15, -0.1) is 0 Å². The van der Waals surface area contributed by atoms with Crippen LogP contribution in [0, 0.1) is 0 Å². The highest BCUT2D eigenvalue weighted by Crippen LogP contribution is 2.20. The summed E-state index contributed by atoms with van der Waals surface area (Å²) in [6, 6.07) is -4.84. The van der Waals surface area contributed by atoms with Crippen LogP contribution >= 0.6 is 0 Å². The molecule has 3 amide bonds. The Morgan fingerprint density at radius 1 is 1.35 bits per heavy atom. The Morgan fingerprint density at radius 3 is 2.61 bits per heavy atom. The summed E-state index contributed by atoms with van der Waals surface area (Å²) >= 11 is 0. The molecule has 0 radical (unpaired) electrons. The molecule has 0 spiro atoms. The van der Waals surface area contributed by atoms with Gasteiger partial charge in [-0.1, -0.05) is 0 Å². The monoisotopic (exact) mass is 440 g/mol. The number of aliphatic hydroxyl groups excluding tert-OH is 2. The molecule has 1 aliphatic rings. The van der Waals surface area contributed by atoms with Gasteiger partial charge in [0.15, 0.2) is 0 Å². The maximum atomic E-state index is 13.0. The van der Waals surface area contributed by atoms with Crippen molar-refractivity contribution in [2.45, 2.75) is 56.5 Å². The molecule has 5 atom stereocenters. The van der Waals surface area contributed by atoms with Crippen molar-refractivity contribution in [1.82, 2.24) is 25.5 Å². The molecule has 2 heterocycles. The molecular weight excluding hydrogens is 412 g/mol. The number of hydrogen-bond donors (Lipinski definition) is 7. The Hall–Kier alpha value is -3.03. The Kier molecular flexibility index (Phi) is 8.47. The molecule has 0 bridgehead atoms. The van der Waals surface area contributed by atoms with Crippen molar-refractivity contribution in [1.29, 1.82) is 0 Å². The van der Waals surface area contributed by atoms with Crippen molar-refractivity contribution in [3.05, 3.63) is 18.2 Å². The number of aromatic nitrogens is 2. The van der Waals surface area contributed by atoms with Crippen molar-refractivity contribution in [2.75, 3.05) is 13.2 Å². The average molecular weight is 440 g/mol. The molecule has 0 aromatic carbocycles. The predicted molar refractivity (Wildman–Crippen MR) is 105 cm³/mol. The van der Waals surface area contributed by atoms with Crippen molar-refractivity contribution in [2.24, 2.45) is 5.73 Å². The van der Waals surface area contributed by atoms with Crippen molar-refractivity contribution in [3.8, 4) is 0 Å². The number of rotatable bonds is 10. The van der Waals surface area contributed by atoms with E-state index >= 15 is 0 Å². The van der Waals surface area contributed by atoms with Gasteiger partial charge >= 0.3 is 5.97 Å². The number of carbonyl (C=O) groups excluding carboxylic acids is 3. The molecule has 1 aromatic rings. The van der Waals surface area contributed by atoms with Gasteiger partial charge in [0.05, 0.1) is 19.0 Å². The molecule has 1 saturated heterocycles. The van der Waals surface area contributed by atoms with E-state index in [1.54, 1.807) is 0 Å². The first-order valence-electron chi connectivity index (χ1n) is 9.81. The lowest BCUT2D eigenvalue weighted by molar-refractivity contribution is -0.146. The van der Waals surface area contributed by atoms with Gasteiger partial charge in [-0.2, -0.15) is 0 Å². The number of amides is 3. The van der Waals surface area contributed by atoms with Gasteiger partial charge in [0.1, 0.15) is 24.2 Å². The Balaban J connectivity index is 2.10. The molecule has 8 N–H and O–H groups in total. The number of H-pyrrole nitrogens is 1. The van der Waals surface area contributed by atoms with E-state index in [0.29, 0.717) is 18.5 Å². The van der Waals surface area contributed by atoms with Gasteiger partial charge in [0.2, 0.25) is 17.7 Å². The number of likely N-dealkylation sites (tertiary alicyclic amines) is 1. The number of nitrogens with two attached hydrogens (primary N) is 1. The van der Waals surface area contributed by atoms with Crippen LogP contribution in [0.2, 0.25) is 0 Å². The van der Waals surface area contributed by atoms with Crippen LogP contribution < -0.4 is 16.4 Å². The first-order chi connectivity index (χ1) is 14.6. The van der Waals surface area contributed by atoms with Gasteiger partial charge < -0.3 is 41.6 Å². The number of nitrogens with zero attached hydrogens (tertiary/aromatic N) is 2. The van der Waals surface area contributed by atoms with E-state index in [9.17, 15) is 29.4 Å². The van der Waals surface area contributed by atoms with Crippen LogP contribution in [0.5, 0.6) is 0 Å². The quantitative estimate of drug-likeness (QED) is 0.194. The van der Waals surface area contributed by atoms with Crippen LogP contribution in [0.1, 0.15) is 25.5 Å². The van der Waals surface area contributed by atoms with Crippen LogP contribution in [0.3, 0.4) is 0 Å². The normalized spacial score (nSPS) is 19.9. The molecule has 13 nitrogen and oxygen atoms in total. The second-order valence-electron chi connectivity index (χ2n) is 7.39. The summed E-state index contributed by atoms with van der Waals surface area (Å²) in [5.41, 5.74) is 5.96. The Morgan fingerprint density at radius 2 is 2.06 bits per heavy atom. The van der Waals surface area contributed by atoms with E-state index in [0.717, 1.165) is 0 Å². The largest absolute Gasteiger partial charge is 0.480 e. The first-order valence-corrected chi connectivity index (χ1v) is 9.81. The fourth-order valence-electron chi connectivity index (χ4n) is 3.30. The number of aromatic amines is 1. The van der Waals surface area contributed by atoms with E-state index in [-0.39, 0.29) is 13.0 Å². The van der Waals surface area contributed by atoms with Gasteiger partial charge in [-0.25, -0.2) is 9.78 Å². The number of imidazole rings is 1. The first kappa shape index (κ1) is 24.2. The zero-order chi connectivity index (χ0) is 23.1. The van der Waals surface area contributed by atoms with Crippen LogP contribution in [0.4, 0.5) is 0 Å². The van der Waals surface area contributed by atoms with E-state index in [1.165, 1.54) is 24.3 Å². The molecule has 13 heteroatoms. The van der Waals surface area contributed by atoms with Gasteiger partial charge in [-0.05, 0) is 19.8 Å². The highest BCUT2D eigenvalue weighted by Gasteiger charge is 2.40. The van der Waals surface area contributed by atoms with Crippen LogP contribution in [0.25, 0.3) is 0 Å². The molecule has 31 heavy (non-hydrogen) atoms. The Bertz CT molecular complexity index is 784. The molecular formula is C18H28N6O7. The van der Waals surface area contributed by atoms with E-state index in [1.807, 2.05) is 0 Å².